The van der Waals surface area contributed by atoms with E-state index in [1.165, 1.54) is 7.11 Å². The fraction of sp³-hybridized carbons (Fsp3) is 0.846. The van der Waals surface area contributed by atoms with Gasteiger partial charge in [-0.2, -0.15) is 0 Å². The molecule has 2 fully saturated rings. The molecule has 7 heteroatoms. The first-order valence-corrected chi connectivity index (χ1v) is 6.98. The monoisotopic (exact) mass is 305 g/mol. The molecule has 2 amide bonds. The molecule has 2 rings (SSSR count). The molecule has 116 valence electrons. The first kappa shape index (κ1) is 17.2. The minimum absolute atomic E-state index is 0. The summed E-state index contributed by atoms with van der Waals surface area (Å²) in [5, 5.41) is 3.34. The van der Waals surface area contributed by atoms with Gasteiger partial charge in [0.15, 0.2) is 0 Å². The third-order valence-electron chi connectivity index (χ3n) is 3.84. The molecule has 2 aliphatic heterocycles. The van der Waals surface area contributed by atoms with Crippen LogP contribution in [0, 0.1) is 0 Å². The molecule has 20 heavy (non-hydrogen) atoms. The highest BCUT2D eigenvalue weighted by Crippen LogP contribution is 2.12. The Morgan fingerprint density at radius 3 is 2.25 bits per heavy atom. The van der Waals surface area contributed by atoms with E-state index < -0.39 is 0 Å². The summed E-state index contributed by atoms with van der Waals surface area (Å²) in [5.41, 5.74) is 0. The van der Waals surface area contributed by atoms with Crippen LogP contribution in [0.4, 0.5) is 0 Å². The largest absolute Gasteiger partial charge is 0.375 e. The van der Waals surface area contributed by atoms with Crippen molar-refractivity contribution in [1.29, 1.82) is 0 Å². The molecule has 2 aliphatic rings. The second-order valence-electron chi connectivity index (χ2n) is 5.19. The average molecular weight is 306 g/mol. The van der Waals surface area contributed by atoms with Crippen molar-refractivity contribution in [3.8, 4) is 0 Å². The van der Waals surface area contributed by atoms with Gasteiger partial charge in [0.2, 0.25) is 11.8 Å². The van der Waals surface area contributed by atoms with Crippen molar-refractivity contribution in [3.63, 3.8) is 0 Å². The number of nitrogens with zero attached hydrogens (tertiary/aromatic N) is 2. The molecule has 1 unspecified atom stereocenters. The van der Waals surface area contributed by atoms with Gasteiger partial charge in [0.05, 0.1) is 0 Å². The molecular weight excluding hydrogens is 282 g/mol. The normalized spacial score (nSPS) is 22.6. The lowest BCUT2D eigenvalue weighted by Crippen LogP contribution is -2.52. The van der Waals surface area contributed by atoms with Crippen LogP contribution in [-0.2, 0) is 14.3 Å². The van der Waals surface area contributed by atoms with E-state index >= 15 is 0 Å². The summed E-state index contributed by atoms with van der Waals surface area (Å²) < 4.78 is 4.84. The van der Waals surface area contributed by atoms with Crippen molar-refractivity contribution in [2.45, 2.75) is 25.3 Å². The van der Waals surface area contributed by atoms with E-state index in [1.54, 1.807) is 4.90 Å². The molecule has 0 bridgehead atoms. The van der Waals surface area contributed by atoms with Crippen LogP contribution in [0.3, 0.4) is 0 Å². The van der Waals surface area contributed by atoms with Crippen LogP contribution in [0.15, 0.2) is 0 Å². The zero-order valence-corrected chi connectivity index (χ0v) is 12.8. The van der Waals surface area contributed by atoms with Crippen LogP contribution in [0.25, 0.3) is 0 Å². The summed E-state index contributed by atoms with van der Waals surface area (Å²) in [7, 11) is 1.52. The number of ether oxygens (including phenoxy) is 1. The Hall–Kier alpha value is -0.850. The summed E-state index contributed by atoms with van der Waals surface area (Å²) >= 11 is 0. The molecule has 2 heterocycles. The number of hydrogen-bond donors (Lipinski definition) is 1. The number of hydrogen-bond acceptors (Lipinski definition) is 4. The molecule has 1 atom stereocenters. The van der Waals surface area contributed by atoms with Gasteiger partial charge in [-0.05, 0) is 19.4 Å². The molecular formula is C13H24ClN3O3. The fourth-order valence-corrected chi connectivity index (χ4v) is 2.69. The maximum absolute atomic E-state index is 12.1. The molecule has 0 saturated carbocycles. The van der Waals surface area contributed by atoms with Gasteiger partial charge in [0.25, 0.3) is 0 Å². The van der Waals surface area contributed by atoms with Gasteiger partial charge in [0, 0.05) is 45.8 Å². The lowest BCUT2D eigenvalue weighted by molar-refractivity contribution is -0.142. The minimum atomic E-state index is 0. The Balaban J connectivity index is 0.00000200. The number of methoxy groups -OCH3 is 1. The Bertz CT molecular complexity index is 327. The maximum atomic E-state index is 12.1. The third kappa shape index (κ3) is 4.61. The van der Waals surface area contributed by atoms with E-state index in [9.17, 15) is 9.59 Å². The van der Waals surface area contributed by atoms with Gasteiger partial charge >= 0.3 is 0 Å². The smallest absolute Gasteiger partial charge is 0.248 e. The highest BCUT2D eigenvalue weighted by atomic mass is 35.5. The number of amides is 2. The van der Waals surface area contributed by atoms with E-state index in [2.05, 4.69) is 5.32 Å². The highest BCUT2D eigenvalue weighted by Gasteiger charge is 2.26. The van der Waals surface area contributed by atoms with Crippen molar-refractivity contribution in [3.05, 3.63) is 0 Å². The Labute approximate surface area is 126 Å². The summed E-state index contributed by atoms with van der Waals surface area (Å²) in [6, 6.07) is 0.348. The van der Waals surface area contributed by atoms with Crippen LogP contribution in [0.1, 0.15) is 19.3 Å². The van der Waals surface area contributed by atoms with Crippen LogP contribution < -0.4 is 5.32 Å². The van der Waals surface area contributed by atoms with Crippen molar-refractivity contribution < 1.29 is 14.3 Å². The molecule has 0 aromatic carbocycles. The van der Waals surface area contributed by atoms with E-state index in [4.69, 9.17) is 4.74 Å². The van der Waals surface area contributed by atoms with Crippen LogP contribution in [0.2, 0.25) is 0 Å². The summed E-state index contributed by atoms with van der Waals surface area (Å²) in [4.78, 5) is 27.4. The SMILES string of the molecule is COCC(=O)N1CCN(C(=O)CC2CCCN2)CC1.Cl. The predicted octanol–water partition coefficient (Wildman–Crippen LogP) is -0.132. The molecule has 6 nitrogen and oxygen atoms in total. The van der Waals surface area contributed by atoms with Crippen molar-refractivity contribution in [1.82, 2.24) is 15.1 Å². The van der Waals surface area contributed by atoms with Crippen molar-refractivity contribution in [2.75, 3.05) is 46.4 Å². The van der Waals surface area contributed by atoms with Gasteiger partial charge in [-0.3, -0.25) is 9.59 Å². The van der Waals surface area contributed by atoms with Gasteiger partial charge < -0.3 is 19.9 Å². The first-order chi connectivity index (χ1) is 9.20. The summed E-state index contributed by atoms with van der Waals surface area (Å²) in [6.45, 7) is 3.66. The second-order valence-corrected chi connectivity index (χ2v) is 5.19. The third-order valence-corrected chi connectivity index (χ3v) is 3.84. The lowest BCUT2D eigenvalue weighted by atomic mass is 10.1. The van der Waals surface area contributed by atoms with Crippen molar-refractivity contribution in [2.24, 2.45) is 0 Å². The molecule has 0 aromatic rings. The van der Waals surface area contributed by atoms with Gasteiger partial charge in [-0.25, -0.2) is 0 Å². The number of nitrogens with one attached hydrogen (secondary N) is 1. The Morgan fingerprint density at radius 1 is 1.15 bits per heavy atom. The number of carbonyl (C=O) groups is 2. The zero-order valence-electron chi connectivity index (χ0n) is 12.0. The minimum Gasteiger partial charge on any atom is -0.375 e. The molecule has 0 aliphatic carbocycles. The van der Waals surface area contributed by atoms with E-state index in [-0.39, 0.29) is 30.8 Å². The van der Waals surface area contributed by atoms with E-state index in [0.717, 1.165) is 19.4 Å². The van der Waals surface area contributed by atoms with Gasteiger partial charge in [0.1, 0.15) is 6.61 Å². The number of halogens is 1. The highest BCUT2D eigenvalue weighted by molar-refractivity contribution is 5.85. The van der Waals surface area contributed by atoms with E-state index in [1.807, 2.05) is 4.90 Å². The van der Waals surface area contributed by atoms with Crippen LogP contribution in [0.5, 0.6) is 0 Å². The molecule has 0 spiro atoms. The fourth-order valence-electron chi connectivity index (χ4n) is 2.69. The lowest BCUT2D eigenvalue weighted by Gasteiger charge is -2.35. The molecule has 1 N–H and O–H groups in total. The quantitative estimate of drug-likeness (QED) is 0.786. The Kier molecular flexibility index (Phi) is 7.26. The first-order valence-electron chi connectivity index (χ1n) is 6.98. The van der Waals surface area contributed by atoms with E-state index in [0.29, 0.717) is 38.6 Å². The van der Waals surface area contributed by atoms with Crippen LogP contribution in [-0.4, -0.2) is 74.1 Å². The zero-order chi connectivity index (χ0) is 13.7. The predicted molar refractivity (Wildman–Crippen MR) is 77.9 cm³/mol. The maximum Gasteiger partial charge on any atom is 0.248 e. The van der Waals surface area contributed by atoms with Crippen LogP contribution >= 0.6 is 12.4 Å². The summed E-state index contributed by atoms with van der Waals surface area (Å²) in [6.07, 6.45) is 2.85. The topological polar surface area (TPSA) is 61.9 Å². The Morgan fingerprint density at radius 2 is 1.75 bits per heavy atom. The molecule has 0 aromatic heterocycles. The standard InChI is InChI=1S/C13H23N3O3.ClH/c1-19-10-13(18)16-7-5-15(6-8-16)12(17)9-11-3-2-4-14-11;/h11,14H,2-10H2,1H3;1H. The molecule has 0 radical (unpaired) electrons. The van der Waals surface area contributed by atoms with Gasteiger partial charge in [-0.15, -0.1) is 12.4 Å². The summed E-state index contributed by atoms with van der Waals surface area (Å²) in [5.74, 6) is 0.213. The van der Waals surface area contributed by atoms with Gasteiger partial charge in [-0.1, -0.05) is 0 Å². The number of piperazine rings is 1. The molecule has 2 saturated heterocycles. The number of rotatable bonds is 4. The van der Waals surface area contributed by atoms with Crippen molar-refractivity contribution >= 4 is 24.2 Å². The second kappa shape index (κ2) is 8.44. The average Bonchev–Trinajstić information content (AvgIpc) is 2.92. The number of carbonyl (C=O) groups excluding carboxylic acids is 2.